The van der Waals surface area contributed by atoms with Crippen LogP contribution in [-0.4, -0.2) is 27.4 Å². The third-order valence-corrected chi connectivity index (χ3v) is 2.38. The van der Waals surface area contributed by atoms with E-state index in [9.17, 15) is 0 Å². The molecule has 0 aliphatic carbocycles. The molecule has 1 aromatic carbocycles. The van der Waals surface area contributed by atoms with Crippen molar-refractivity contribution in [2.24, 2.45) is 10.7 Å². The van der Waals surface area contributed by atoms with E-state index in [0.29, 0.717) is 17.1 Å². The molecular formula is C12H18N4O. The Kier molecular flexibility index (Phi) is 4.39. The van der Waals surface area contributed by atoms with Gasteiger partial charge in [-0.3, -0.25) is 4.99 Å². The second kappa shape index (κ2) is 5.79. The van der Waals surface area contributed by atoms with Crippen LogP contribution >= 0.6 is 0 Å². The zero-order valence-electron chi connectivity index (χ0n) is 10.3. The van der Waals surface area contributed by atoms with Crippen LogP contribution in [-0.2, 0) is 4.74 Å². The smallest absolute Gasteiger partial charge is 0.193 e. The third kappa shape index (κ3) is 2.90. The lowest BCUT2D eigenvalue weighted by molar-refractivity contribution is 0.290. The number of hydrogen-bond acceptors (Lipinski definition) is 5. The number of benzene rings is 1. The summed E-state index contributed by atoms with van der Waals surface area (Å²) >= 11 is 0. The predicted molar refractivity (Wildman–Crippen MR) is 72.9 cm³/mol. The molecule has 1 rings (SSSR count). The minimum atomic E-state index is 0.312. The predicted octanol–water partition coefficient (Wildman–Crippen LogP) is 1.28. The average molecular weight is 234 g/mol. The van der Waals surface area contributed by atoms with Crippen LogP contribution in [0.1, 0.15) is 5.56 Å². The van der Waals surface area contributed by atoms with Crippen LogP contribution in [0.3, 0.4) is 0 Å². The maximum absolute atomic E-state index is 5.90. The largest absolute Gasteiger partial charge is 0.482 e. The highest BCUT2D eigenvalue weighted by Crippen LogP contribution is 2.24. The fraction of sp³-hybridized carbons (Fsp3) is 0.250. The molecule has 0 heterocycles. The number of aliphatic imine (C=N–C) groups is 1. The van der Waals surface area contributed by atoms with Crippen LogP contribution in [0.15, 0.2) is 29.1 Å². The molecule has 5 nitrogen and oxygen atoms in total. The number of allylic oxidation sites excluding steroid dienone is 1. The fourth-order valence-electron chi connectivity index (χ4n) is 1.48. The molecule has 17 heavy (non-hydrogen) atoms. The summed E-state index contributed by atoms with van der Waals surface area (Å²) in [6, 6.07) is 5.62. The summed E-state index contributed by atoms with van der Waals surface area (Å²) < 4.78 is 5.03. The van der Waals surface area contributed by atoms with Gasteiger partial charge in [-0.25, -0.2) is 0 Å². The van der Waals surface area contributed by atoms with E-state index >= 15 is 0 Å². The molecule has 0 saturated heterocycles. The first kappa shape index (κ1) is 12.9. The van der Waals surface area contributed by atoms with Crippen molar-refractivity contribution in [2.45, 2.75) is 0 Å². The zero-order valence-corrected chi connectivity index (χ0v) is 10.3. The van der Waals surface area contributed by atoms with Gasteiger partial charge in [0.15, 0.2) is 5.88 Å². The Morgan fingerprint density at radius 1 is 1.47 bits per heavy atom. The van der Waals surface area contributed by atoms with Crippen LogP contribution in [0, 0.1) is 0 Å². The van der Waals surface area contributed by atoms with E-state index in [1.807, 2.05) is 25.2 Å². The van der Waals surface area contributed by atoms with Crippen molar-refractivity contribution in [1.29, 1.82) is 0 Å². The summed E-state index contributed by atoms with van der Waals surface area (Å²) in [6.07, 6.45) is 1.65. The van der Waals surface area contributed by atoms with Gasteiger partial charge in [-0.2, -0.15) is 0 Å². The number of hydrogen-bond donors (Lipinski definition) is 3. The van der Waals surface area contributed by atoms with Crippen molar-refractivity contribution in [1.82, 2.24) is 0 Å². The maximum Gasteiger partial charge on any atom is 0.193 e. The lowest BCUT2D eigenvalue weighted by Crippen LogP contribution is -2.06. The Balaban J connectivity index is 3.26. The van der Waals surface area contributed by atoms with Gasteiger partial charge >= 0.3 is 0 Å². The van der Waals surface area contributed by atoms with Crippen LogP contribution in [0.4, 0.5) is 11.4 Å². The van der Waals surface area contributed by atoms with Crippen LogP contribution < -0.4 is 16.8 Å². The second-order valence-corrected chi connectivity index (χ2v) is 3.42. The first-order chi connectivity index (χ1) is 8.13. The van der Waals surface area contributed by atoms with E-state index in [4.69, 9.17) is 16.2 Å². The van der Waals surface area contributed by atoms with Crippen molar-refractivity contribution >= 4 is 23.2 Å². The molecule has 0 fully saturated rings. The summed E-state index contributed by atoms with van der Waals surface area (Å²) in [6.45, 7) is 0. The summed E-state index contributed by atoms with van der Waals surface area (Å²) in [5.41, 5.74) is 14.8. The van der Waals surface area contributed by atoms with E-state index in [1.54, 1.807) is 13.3 Å². The summed E-state index contributed by atoms with van der Waals surface area (Å²) in [4.78, 5) is 3.95. The van der Waals surface area contributed by atoms with Crippen molar-refractivity contribution in [2.75, 3.05) is 32.3 Å². The normalized spacial score (nSPS) is 12.4. The molecule has 1 aromatic rings. The third-order valence-electron chi connectivity index (χ3n) is 2.38. The van der Waals surface area contributed by atoms with Gasteiger partial charge < -0.3 is 21.5 Å². The zero-order chi connectivity index (χ0) is 12.8. The molecule has 5 heteroatoms. The standard InChI is InChI=1S/C12H18N4O/c1-15-7-9(12(14)17-3)8-4-5-11(16-2)10(13)6-8/h4-7,16H,13-14H2,1-3H3/b12-9-,15-7?. The summed E-state index contributed by atoms with van der Waals surface area (Å²) in [5, 5.41) is 3.00. The molecule has 0 amide bonds. The molecule has 0 aromatic heterocycles. The van der Waals surface area contributed by atoms with Gasteiger partial charge in [0.05, 0.1) is 24.1 Å². The van der Waals surface area contributed by atoms with Gasteiger partial charge in [0.25, 0.3) is 0 Å². The number of methoxy groups -OCH3 is 1. The molecule has 0 bridgehead atoms. The summed E-state index contributed by atoms with van der Waals surface area (Å²) in [5.74, 6) is 0.312. The molecule has 0 saturated carbocycles. The second-order valence-electron chi connectivity index (χ2n) is 3.42. The van der Waals surface area contributed by atoms with Gasteiger partial charge in [-0.15, -0.1) is 0 Å². The maximum atomic E-state index is 5.90. The Morgan fingerprint density at radius 3 is 2.65 bits per heavy atom. The molecule has 0 spiro atoms. The Hall–Kier alpha value is -2.17. The minimum Gasteiger partial charge on any atom is -0.482 e. The number of rotatable bonds is 4. The highest BCUT2D eigenvalue weighted by atomic mass is 16.5. The SMILES string of the molecule is CN=C/C(=C(\N)OC)c1ccc(NC)c(N)c1. The molecule has 0 atom stereocenters. The van der Waals surface area contributed by atoms with E-state index in [2.05, 4.69) is 10.3 Å². The first-order valence-electron chi connectivity index (χ1n) is 5.17. The van der Waals surface area contributed by atoms with Crippen molar-refractivity contribution in [3.8, 4) is 0 Å². The van der Waals surface area contributed by atoms with Gasteiger partial charge in [-0.1, -0.05) is 6.07 Å². The number of nitrogens with two attached hydrogens (primary N) is 2. The Morgan fingerprint density at radius 2 is 2.18 bits per heavy atom. The molecule has 92 valence electrons. The monoisotopic (exact) mass is 234 g/mol. The lowest BCUT2D eigenvalue weighted by atomic mass is 10.1. The fourth-order valence-corrected chi connectivity index (χ4v) is 1.48. The molecular weight excluding hydrogens is 216 g/mol. The van der Waals surface area contributed by atoms with Crippen molar-refractivity contribution < 1.29 is 4.74 Å². The van der Waals surface area contributed by atoms with Crippen LogP contribution in [0.2, 0.25) is 0 Å². The number of anilines is 2. The highest BCUT2D eigenvalue weighted by molar-refractivity contribution is 6.10. The van der Waals surface area contributed by atoms with E-state index < -0.39 is 0 Å². The summed E-state index contributed by atoms with van der Waals surface area (Å²) in [7, 11) is 5.01. The van der Waals surface area contributed by atoms with E-state index in [1.165, 1.54) is 7.11 Å². The number of nitrogens with one attached hydrogen (secondary N) is 1. The Labute approximate surface area is 101 Å². The molecule has 5 N–H and O–H groups in total. The van der Waals surface area contributed by atoms with Gasteiger partial charge in [0.1, 0.15) is 0 Å². The lowest BCUT2D eigenvalue weighted by Gasteiger charge is -2.10. The molecule has 0 radical (unpaired) electrons. The van der Waals surface area contributed by atoms with Gasteiger partial charge in [0.2, 0.25) is 0 Å². The van der Waals surface area contributed by atoms with Crippen molar-refractivity contribution in [3.63, 3.8) is 0 Å². The topological polar surface area (TPSA) is 85.7 Å². The first-order valence-corrected chi connectivity index (χ1v) is 5.17. The number of nitrogens with zero attached hydrogens (tertiary/aromatic N) is 1. The Bertz CT molecular complexity index is 452. The average Bonchev–Trinajstić information content (AvgIpc) is 2.35. The van der Waals surface area contributed by atoms with Gasteiger partial charge in [0, 0.05) is 20.3 Å². The number of nitrogen functional groups attached to an aromatic ring is 1. The molecule has 0 unspecified atom stereocenters. The molecule has 0 aliphatic rings. The quantitative estimate of drug-likeness (QED) is 0.416. The van der Waals surface area contributed by atoms with E-state index in [-0.39, 0.29) is 0 Å². The minimum absolute atomic E-state index is 0.312. The number of ether oxygens (including phenoxy) is 1. The highest BCUT2D eigenvalue weighted by Gasteiger charge is 2.07. The van der Waals surface area contributed by atoms with E-state index in [0.717, 1.165) is 11.3 Å². The van der Waals surface area contributed by atoms with Crippen molar-refractivity contribution in [3.05, 3.63) is 29.6 Å². The van der Waals surface area contributed by atoms with Crippen LogP contribution in [0.25, 0.3) is 5.57 Å². The molecule has 0 aliphatic heterocycles. The van der Waals surface area contributed by atoms with Gasteiger partial charge in [-0.05, 0) is 17.7 Å². The van der Waals surface area contributed by atoms with Crippen LogP contribution in [0.5, 0.6) is 0 Å².